The molecule has 1 fully saturated rings. The average molecular weight is 446 g/mol. The summed E-state index contributed by atoms with van der Waals surface area (Å²) in [7, 11) is 0. The Labute approximate surface area is 192 Å². The Morgan fingerprint density at radius 1 is 1.06 bits per heavy atom. The second kappa shape index (κ2) is 9.22. The summed E-state index contributed by atoms with van der Waals surface area (Å²) in [4.78, 5) is 16.4. The maximum atomic E-state index is 9.74. The molecule has 164 valence electrons. The molecule has 2 aromatic heterocycles. The van der Waals surface area contributed by atoms with Crippen molar-refractivity contribution in [3.63, 3.8) is 0 Å². The number of aromatic nitrogens is 3. The SMILES string of the molecule is CSc1ccccc1Nc1nc(Cc2ccc(N3CCC(O)CC3)cc2)nc2cc[nH]c12. The number of aromatic amines is 1. The zero-order chi connectivity index (χ0) is 21.9. The predicted octanol–water partition coefficient (Wildman–Crippen LogP) is 4.98. The summed E-state index contributed by atoms with van der Waals surface area (Å²) in [5.41, 5.74) is 5.24. The van der Waals surface area contributed by atoms with Crippen molar-refractivity contribution in [3.05, 3.63) is 72.2 Å². The quantitative estimate of drug-likeness (QED) is 0.364. The minimum Gasteiger partial charge on any atom is -0.393 e. The van der Waals surface area contributed by atoms with Gasteiger partial charge in [0.25, 0.3) is 0 Å². The molecule has 7 heteroatoms. The number of nitrogens with one attached hydrogen (secondary N) is 2. The van der Waals surface area contributed by atoms with Gasteiger partial charge in [-0.3, -0.25) is 0 Å². The van der Waals surface area contributed by atoms with Crippen molar-refractivity contribution in [3.8, 4) is 0 Å². The fraction of sp³-hybridized carbons (Fsp3) is 0.280. The second-order valence-electron chi connectivity index (χ2n) is 8.11. The maximum absolute atomic E-state index is 9.74. The minimum absolute atomic E-state index is 0.156. The van der Waals surface area contributed by atoms with Gasteiger partial charge in [-0.25, -0.2) is 9.97 Å². The summed E-state index contributed by atoms with van der Waals surface area (Å²) in [6.45, 7) is 1.81. The lowest BCUT2D eigenvalue weighted by atomic mass is 10.1. The number of rotatable bonds is 6. The van der Waals surface area contributed by atoms with Crippen molar-refractivity contribution in [2.75, 3.05) is 29.6 Å². The number of piperidine rings is 1. The topological polar surface area (TPSA) is 77.1 Å². The molecule has 0 radical (unpaired) electrons. The van der Waals surface area contributed by atoms with Gasteiger partial charge in [-0.05, 0) is 55.0 Å². The predicted molar refractivity (Wildman–Crippen MR) is 132 cm³/mol. The first kappa shape index (κ1) is 20.8. The first-order valence-electron chi connectivity index (χ1n) is 11.0. The van der Waals surface area contributed by atoms with E-state index in [1.807, 2.05) is 24.4 Å². The number of thioether (sulfide) groups is 1. The molecule has 3 heterocycles. The van der Waals surface area contributed by atoms with E-state index in [0.717, 1.165) is 54.3 Å². The van der Waals surface area contributed by atoms with Gasteiger partial charge in [0, 0.05) is 36.3 Å². The molecule has 2 aromatic carbocycles. The van der Waals surface area contributed by atoms with Crippen molar-refractivity contribution < 1.29 is 5.11 Å². The highest BCUT2D eigenvalue weighted by molar-refractivity contribution is 7.98. The van der Waals surface area contributed by atoms with Crippen LogP contribution in [0.15, 0.2) is 65.7 Å². The highest BCUT2D eigenvalue weighted by Gasteiger charge is 2.17. The van der Waals surface area contributed by atoms with Gasteiger partial charge in [-0.1, -0.05) is 24.3 Å². The Hall–Kier alpha value is -3.03. The molecule has 1 aliphatic heterocycles. The summed E-state index contributed by atoms with van der Waals surface area (Å²) < 4.78 is 0. The summed E-state index contributed by atoms with van der Waals surface area (Å²) in [6.07, 6.45) is 6.16. The van der Waals surface area contributed by atoms with Crippen LogP contribution in [0.5, 0.6) is 0 Å². The Morgan fingerprint density at radius 2 is 1.84 bits per heavy atom. The van der Waals surface area contributed by atoms with Crippen LogP contribution in [0.2, 0.25) is 0 Å². The molecule has 0 aliphatic carbocycles. The van der Waals surface area contributed by atoms with E-state index in [2.05, 4.69) is 57.9 Å². The van der Waals surface area contributed by atoms with Gasteiger partial charge in [0.15, 0.2) is 5.82 Å². The van der Waals surface area contributed by atoms with Crippen LogP contribution >= 0.6 is 11.8 Å². The zero-order valence-corrected chi connectivity index (χ0v) is 18.9. The zero-order valence-electron chi connectivity index (χ0n) is 18.1. The second-order valence-corrected chi connectivity index (χ2v) is 8.96. The van der Waals surface area contributed by atoms with E-state index in [0.29, 0.717) is 6.42 Å². The molecule has 1 aliphatic rings. The molecule has 0 spiro atoms. The van der Waals surface area contributed by atoms with Crippen molar-refractivity contribution in [1.29, 1.82) is 0 Å². The maximum Gasteiger partial charge on any atom is 0.158 e. The first-order valence-corrected chi connectivity index (χ1v) is 12.2. The third kappa shape index (κ3) is 4.45. The van der Waals surface area contributed by atoms with E-state index in [9.17, 15) is 5.11 Å². The molecule has 0 unspecified atom stereocenters. The lowest BCUT2D eigenvalue weighted by Gasteiger charge is -2.31. The summed E-state index contributed by atoms with van der Waals surface area (Å²) in [6, 6.07) is 18.9. The third-order valence-corrected chi connectivity index (χ3v) is 6.74. The summed E-state index contributed by atoms with van der Waals surface area (Å²) in [5, 5.41) is 13.2. The number of H-pyrrole nitrogens is 1. The number of hydrogen-bond donors (Lipinski definition) is 3. The fourth-order valence-corrected chi connectivity index (χ4v) is 4.72. The van der Waals surface area contributed by atoms with Crippen LogP contribution in [0.1, 0.15) is 24.2 Å². The molecular weight excluding hydrogens is 418 g/mol. The van der Waals surface area contributed by atoms with E-state index in [1.165, 1.54) is 16.1 Å². The average Bonchev–Trinajstić information content (AvgIpc) is 3.30. The molecule has 3 N–H and O–H groups in total. The van der Waals surface area contributed by atoms with Gasteiger partial charge in [-0.2, -0.15) is 0 Å². The van der Waals surface area contributed by atoms with Crippen LogP contribution in [0, 0.1) is 0 Å². The van der Waals surface area contributed by atoms with E-state index in [1.54, 1.807) is 11.8 Å². The normalized spacial score (nSPS) is 14.8. The smallest absolute Gasteiger partial charge is 0.158 e. The molecule has 0 amide bonds. The standard InChI is InChI=1S/C25H27N5OS/c1-32-22-5-3-2-4-20(22)28-25-24-21(10-13-26-24)27-23(29-25)16-17-6-8-18(9-7-17)30-14-11-19(31)12-15-30/h2-10,13,19,26,31H,11-12,14-16H2,1H3,(H,27,28,29). The number of aliphatic hydroxyl groups excluding tert-OH is 1. The van der Waals surface area contributed by atoms with E-state index in [4.69, 9.17) is 9.97 Å². The third-order valence-electron chi connectivity index (χ3n) is 5.94. The Kier molecular flexibility index (Phi) is 6.01. The Bertz CT molecular complexity index is 1200. The van der Waals surface area contributed by atoms with Gasteiger partial charge < -0.3 is 20.3 Å². The molecule has 5 rings (SSSR count). The molecular formula is C25H27N5OS. The summed E-state index contributed by atoms with van der Waals surface area (Å²) >= 11 is 1.71. The number of hydrogen-bond acceptors (Lipinski definition) is 6. The molecule has 0 saturated carbocycles. The Morgan fingerprint density at radius 3 is 2.62 bits per heavy atom. The minimum atomic E-state index is -0.156. The lowest BCUT2D eigenvalue weighted by Crippen LogP contribution is -2.35. The van der Waals surface area contributed by atoms with Crippen molar-refractivity contribution in [1.82, 2.24) is 15.0 Å². The largest absolute Gasteiger partial charge is 0.393 e. The number of fused-ring (bicyclic) bond motifs is 1. The van der Waals surface area contributed by atoms with Crippen LogP contribution in [0.3, 0.4) is 0 Å². The van der Waals surface area contributed by atoms with Crippen molar-refractivity contribution in [2.24, 2.45) is 0 Å². The van der Waals surface area contributed by atoms with Crippen LogP contribution < -0.4 is 10.2 Å². The van der Waals surface area contributed by atoms with Gasteiger partial charge in [-0.15, -0.1) is 11.8 Å². The van der Waals surface area contributed by atoms with Crippen LogP contribution in [-0.4, -0.2) is 45.5 Å². The van der Waals surface area contributed by atoms with Gasteiger partial charge in [0.2, 0.25) is 0 Å². The first-order chi connectivity index (χ1) is 15.7. The summed E-state index contributed by atoms with van der Waals surface area (Å²) in [5.74, 6) is 1.58. The Balaban J connectivity index is 1.38. The molecule has 4 aromatic rings. The number of para-hydroxylation sites is 1. The van der Waals surface area contributed by atoms with E-state index in [-0.39, 0.29) is 6.10 Å². The van der Waals surface area contributed by atoms with Gasteiger partial charge >= 0.3 is 0 Å². The highest BCUT2D eigenvalue weighted by atomic mass is 32.2. The van der Waals surface area contributed by atoms with Crippen molar-refractivity contribution in [2.45, 2.75) is 30.3 Å². The van der Waals surface area contributed by atoms with Gasteiger partial charge in [0.1, 0.15) is 11.3 Å². The number of benzene rings is 2. The molecule has 6 nitrogen and oxygen atoms in total. The van der Waals surface area contributed by atoms with Crippen LogP contribution in [0.4, 0.5) is 17.2 Å². The number of aliphatic hydroxyl groups is 1. The number of nitrogens with zero attached hydrogens (tertiary/aromatic N) is 3. The van der Waals surface area contributed by atoms with Gasteiger partial charge in [0.05, 0.1) is 17.3 Å². The number of anilines is 3. The lowest BCUT2D eigenvalue weighted by molar-refractivity contribution is 0.145. The van der Waals surface area contributed by atoms with Crippen molar-refractivity contribution >= 4 is 40.0 Å². The van der Waals surface area contributed by atoms with Crippen LogP contribution in [-0.2, 0) is 6.42 Å². The highest BCUT2D eigenvalue weighted by Crippen LogP contribution is 2.30. The molecule has 32 heavy (non-hydrogen) atoms. The molecule has 1 saturated heterocycles. The molecule has 0 bridgehead atoms. The fourth-order valence-electron chi connectivity index (χ4n) is 4.17. The van der Waals surface area contributed by atoms with Crippen LogP contribution in [0.25, 0.3) is 11.0 Å². The van der Waals surface area contributed by atoms with E-state index < -0.39 is 0 Å². The van der Waals surface area contributed by atoms with E-state index >= 15 is 0 Å². The molecule has 0 atom stereocenters. The monoisotopic (exact) mass is 445 g/mol.